The van der Waals surface area contributed by atoms with Crippen molar-refractivity contribution in [2.75, 3.05) is 10.6 Å². The Morgan fingerprint density at radius 3 is 2.54 bits per heavy atom. The van der Waals surface area contributed by atoms with E-state index in [0.29, 0.717) is 23.3 Å². The van der Waals surface area contributed by atoms with E-state index in [2.05, 4.69) is 15.7 Å². The zero-order chi connectivity index (χ0) is 19.6. The number of carbonyl (C=O) groups excluding carboxylic acids is 2. The second-order valence-electron chi connectivity index (χ2n) is 7.43. The van der Waals surface area contributed by atoms with Gasteiger partial charge in [-0.05, 0) is 32.8 Å². The molecule has 0 aromatic carbocycles. The number of amides is 2. The lowest BCUT2D eigenvalue weighted by molar-refractivity contribution is -0.116. The van der Waals surface area contributed by atoms with Gasteiger partial charge >= 0.3 is 0 Å². The topological polar surface area (TPSA) is 102 Å². The van der Waals surface area contributed by atoms with Crippen LogP contribution in [-0.2, 0) is 4.79 Å². The zero-order valence-electron chi connectivity index (χ0n) is 15.8. The number of fused-ring (bicyclic) bond motifs is 1. The van der Waals surface area contributed by atoms with Crippen LogP contribution >= 0.6 is 0 Å². The molecule has 0 saturated heterocycles. The number of nitrogens with one attached hydrogen (secondary N) is 2. The number of aromatic nitrogens is 2. The predicted molar refractivity (Wildman–Crippen MR) is 100 cm³/mol. The fraction of sp³-hybridized carbons (Fsp3) is 0.500. The molecule has 0 aliphatic heterocycles. The van der Waals surface area contributed by atoms with Crippen molar-refractivity contribution in [3.63, 3.8) is 0 Å². The van der Waals surface area contributed by atoms with Crippen LogP contribution < -0.4 is 16.4 Å². The Bertz CT molecular complexity index is 823. The number of hydrogen-bond donors (Lipinski definition) is 3. The highest BCUT2D eigenvalue weighted by Gasteiger charge is 2.27. The lowest BCUT2D eigenvalue weighted by Crippen LogP contribution is -2.36. The summed E-state index contributed by atoms with van der Waals surface area (Å²) in [6.07, 6.45) is 3.36. The smallest absolute Gasteiger partial charge is 0.252 e. The van der Waals surface area contributed by atoms with Gasteiger partial charge in [0.15, 0.2) is 0 Å². The highest BCUT2D eigenvalue weighted by atomic mass is 19.1. The Morgan fingerprint density at radius 2 is 2.00 bits per heavy atom. The molecule has 2 rings (SSSR count). The Kier molecular flexibility index (Phi) is 5.53. The van der Waals surface area contributed by atoms with Gasteiger partial charge in [0.05, 0.1) is 40.9 Å². The van der Waals surface area contributed by atoms with Crippen molar-refractivity contribution >= 4 is 28.7 Å². The van der Waals surface area contributed by atoms with Crippen molar-refractivity contribution in [2.24, 2.45) is 11.7 Å². The van der Waals surface area contributed by atoms with Crippen LogP contribution in [0.2, 0.25) is 0 Å². The molecule has 4 N–H and O–H groups in total. The Labute approximate surface area is 152 Å². The van der Waals surface area contributed by atoms with Gasteiger partial charge in [-0.15, -0.1) is 0 Å². The third-order valence-electron chi connectivity index (χ3n) is 4.17. The summed E-state index contributed by atoms with van der Waals surface area (Å²) in [6, 6.07) is 1.10. The van der Waals surface area contributed by atoms with Gasteiger partial charge in [-0.3, -0.25) is 9.59 Å². The van der Waals surface area contributed by atoms with Crippen molar-refractivity contribution < 1.29 is 14.0 Å². The lowest BCUT2D eigenvalue weighted by Gasteiger charge is -2.26. The van der Waals surface area contributed by atoms with Crippen LogP contribution in [0.5, 0.6) is 0 Å². The summed E-state index contributed by atoms with van der Waals surface area (Å²) in [7, 11) is 0. The van der Waals surface area contributed by atoms with Gasteiger partial charge in [0.2, 0.25) is 5.91 Å². The molecule has 8 heteroatoms. The molecule has 2 aromatic heterocycles. The fourth-order valence-electron chi connectivity index (χ4n) is 2.43. The molecule has 26 heavy (non-hydrogen) atoms. The van der Waals surface area contributed by atoms with Crippen molar-refractivity contribution in [1.29, 1.82) is 0 Å². The Morgan fingerprint density at radius 1 is 1.35 bits per heavy atom. The largest absolute Gasteiger partial charge is 0.377 e. The van der Waals surface area contributed by atoms with Crippen LogP contribution in [0.15, 0.2) is 18.5 Å². The van der Waals surface area contributed by atoms with Gasteiger partial charge in [0.1, 0.15) is 5.67 Å². The van der Waals surface area contributed by atoms with E-state index in [-0.39, 0.29) is 17.4 Å². The molecule has 2 heterocycles. The van der Waals surface area contributed by atoms with E-state index in [1.807, 2.05) is 13.8 Å². The molecule has 1 atom stereocenters. The maximum Gasteiger partial charge on any atom is 0.252 e. The van der Waals surface area contributed by atoms with E-state index in [4.69, 9.17) is 5.73 Å². The molecule has 0 spiro atoms. The van der Waals surface area contributed by atoms with Crippen molar-refractivity contribution in [3.8, 4) is 0 Å². The summed E-state index contributed by atoms with van der Waals surface area (Å²) in [4.78, 5) is 23.8. The van der Waals surface area contributed by atoms with Crippen molar-refractivity contribution in [1.82, 2.24) is 9.61 Å². The van der Waals surface area contributed by atoms with Gasteiger partial charge in [0, 0.05) is 6.42 Å². The maximum atomic E-state index is 14.2. The minimum atomic E-state index is -1.52. The van der Waals surface area contributed by atoms with Crippen LogP contribution in [0.4, 0.5) is 15.8 Å². The molecule has 0 bridgehead atoms. The van der Waals surface area contributed by atoms with E-state index >= 15 is 0 Å². The van der Waals surface area contributed by atoms with E-state index in [1.54, 1.807) is 19.2 Å². The maximum absolute atomic E-state index is 14.2. The third kappa shape index (κ3) is 4.50. The molecule has 0 aliphatic carbocycles. The summed E-state index contributed by atoms with van der Waals surface area (Å²) in [5, 5.41) is 9.98. The van der Waals surface area contributed by atoms with Gasteiger partial charge in [-0.25, -0.2) is 8.91 Å². The first-order chi connectivity index (χ1) is 12.0. The third-order valence-corrected chi connectivity index (χ3v) is 4.17. The normalized spacial score (nSPS) is 13.0. The van der Waals surface area contributed by atoms with Crippen LogP contribution in [-0.4, -0.2) is 33.1 Å². The first-order valence-electron chi connectivity index (χ1n) is 8.55. The number of alkyl halides is 1. The lowest BCUT2D eigenvalue weighted by atomic mass is 10.0. The average Bonchev–Trinajstić information content (AvgIpc) is 2.87. The van der Waals surface area contributed by atoms with Crippen molar-refractivity contribution in [2.45, 2.75) is 52.8 Å². The average molecular weight is 363 g/mol. The van der Waals surface area contributed by atoms with E-state index in [1.165, 1.54) is 24.6 Å². The number of anilines is 2. The Balaban J connectivity index is 2.44. The summed E-state index contributed by atoms with van der Waals surface area (Å²) < 4.78 is 15.8. The molecular formula is C18H26FN5O2. The van der Waals surface area contributed by atoms with Gasteiger partial charge < -0.3 is 16.4 Å². The second-order valence-corrected chi connectivity index (χ2v) is 7.43. The molecular weight excluding hydrogens is 337 g/mol. The van der Waals surface area contributed by atoms with Crippen molar-refractivity contribution in [3.05, 3.63) is 24.0 Å². The summed E-state index contributed by atoms with van der Waals surface area (Å²) in [5.74, 6) is -0.548. The van der Waals surface area contributed by atoms with Gasteiger partial charge in [-0.2, -0.15) is 5.10 Å². The molecule has 142 valence electrons. The standard InChI is InChI=1S/C18H26FN5O2/c1-10(2)6-15(25)23-12-7-14-16(22-11(3)18(4,5)19)13(17(20)26)8-21-24(14)9-12/h7-11,22H,6H2,1-5H3,(H2,20,26)(H,23,25)/t11-/m1/s1. The fourth-order valence-corrected chi connectivity index (χ4v) is 2.43. The van der Waals surface area contributed by atoms with Crippen LogP contribution in [0, 0.1) is 5.92 Å². The monoisotopic (exact) mass is 363 g/mol. The molecule has 0 saturated carbocycles. The number of primary amides is 1. The SMILES string of the molecule is CC(C)CC(=O)Nc1cc2c(N[C@H](C)C(C)(C)F)c(C(N)=O)cnn2c1. The highest BCUT2D eigenvalue weighted by Crippen LogP contribution is 2.28. The first-order valence-corrected chi connectivity index (χ1v) is 8.55. The minimum absolute atomic E-state index is 0.112. The molecule has 0 aliphatic rings. The van der Waals surface area contributed by atoms with Gasteiger partial charge in [-0.1, -0.05) is 13.8 Å². The summed E-state index contributed by atoms with van der Waals surface area (Å²) in [6.45, 7) is 8.48. The predicted octanol–water partition coefficient (Wildman–Crippen LogP) is 2.97. The summed E-state index contributed by atoms with van der Waals surface area (Å²) >= 11 is 0. The van der Waals surface area contributed by atoms with Crippen LogP contribution in [0.25, 0.3) is 5.52 Å². The van der Waals surface area contributed by atoms with Gasteiger partial charge in [0.25, 0.3) is 5.91 Å². The number of carbonyl (C=O) groups is 2. The minimum Gasteiger partial charge on any atom is -0.377 e. The van der Waals surface area contributed by atoms with Crippen LogP contribution in [0.1, 0.15) is 51.4 Å². The van der Waals surface area contributed by atoms with Crippen LogP contribution in [0.3, 0.4) is 0 Å². The van der Waals surface area contributed by atoms with E-state index in [0.717, 1.165) is 0 Å². The number of nitrogens with two attached hydrogens (primary N) is 1. The number of nitrogens with zero attached hydrogens (tertiary/aromatic N) is 2. The summed E-state index contributed by atoms with van der Waals surface area (Å²) in [5.41, 5.74) is 5.53. The van der Waals surface area contributed by atoms with E-state index < -0.39 is 17.6 Å². The molecule has 0 fully saturated rings. The second kappa shape index (κ2) is 7.31. The highest BCUT2D eigenvalue weighted by molar-refractivity contribution is 6.02. The number of hydrogen-bond acceptors (Lipinski definition) is 4. The zero-order valence-corrected chi connectivity index (χ0v) is 15.8. The van der Waals surface area contributed by atoms with E-state index in [9.17, 15) is 14.0 Å². The molecule has 2 amide bonds. The molecule has 7 nitrogen and oxygen atoms in total. The first kappa shape index (κ1) is 19.7. The number of halogens is 1. The Hall–Kier alpha value is -2.64. The molecule has 2 aromatic rings. The quantitative estimate of drug-likeness (QED) is 0.704. The molecule has 0 unspecified atom stereocenters. The number of rotatable bonds is 7. The molecule has 0 radical (unpaired) electrons.